The second-order valence-corrected chi connectivity index (χ2v) is 3.09. The van der Waals surface area contributed by atoms with Gasteiger partial charge in [-0.1, -0.05) is 0 Å². The maximum absolute atomic E-state index is 10.7. The summed E-state index contributed by atoms with van der Waals surface area (Å²) in [5, 5.41) is 8.80. The number of carboxylic acids is 1. The summed E-state index contributed by atoms with van der Waals surface area (Å²) >= 11 is 0. The fourth-order valence-electron chi connectivity index (χ4n) is 1.18. The molecule has 3 N–H and O–H groups in total. The van der Waals surface area contributed by atoms with Crippen LogP contribution >= 0.6 is 0 Å². The molecule has 76 valence electrons. The Labute approximate surface area is 82.9 Å². The zero-order chi connectivity index (χ0) is 10.7. The first-order valence-electron chi connectivity index (χ1n) is 4.40. The molecule has 0 aliphatic carbocycles. The number of nitrogen functional groups attached to an aromatic ring is 1. The minimum absolute atomic E-state index is 0.259. The molecule has 0 saturated heterocycles. The summed E-state index contributed by atoms with van der Waals surface area (Å²) in [5.74, 6) is -0.934. The van der Waals surface area contributed by atoms with E-state index in [9.17, 15) is 4.79 Å². The van der Waals surface area contributed by atoms with E-state index in [0.29, 0.717) is 5.69 Å². The molecule has 0 spiro atoms. The Balaban J connectivity index is 3.14. The summed E-state index contributed by atoms with van der Waals surface area (Å²) in [5.41, 5.74) is 7.34. The van der Waals surface area contributed by atoms with E-state index >= 15 is 0 Å². The number of carboxylic acid groups (broad SMARTS) is 1. The molecule has 14 heavy (non-hydrogen) atoms. The van der Waals surface area contributed by atoms with Crippen LogP contribution in [0.4, 0.5) is 11.4 Å². The van der Waals surface area contributed by atoms with Crippen molar-refractivity contribution in [3.05, 3.63) is 23.8 Å². The first-order chi connectivity index (χ1) is 6.56. The largest absolute Gasteiger partial charge is 0.478 e. The first-order valence-corrected chi connectivity index (χ1v) is 4.40. The summed E-state index contributed by atoms with van der Waals surface area (Å²) < 4.78 is 0. The lowest BCUT2D eigenvalue weighted by molar-refractivity contribution is 0.0697. The van der Waals surface area contributed by atoms with Crippen LogP contribution < -0.4 is 10.6 Å². The van der Waals surface area contributed by atoms with Crippen molar-refractivity contribution in [2.75, 3.05) is 24.2 Å². The summed E-state index contributed by atoms with van der Waals surface area (Å²) in [7, 11) is 1.87. The smallest absolute Gasteiger partial charge is 0.335 e. The molecule has 1 aromatic rings. The van der Waals surface area contributed by atoms with E-state index in [2.05, 4.69) is 0 Å². The highest BCUT2D eigenvalue weighted by atomic mass is 16.4. The number of rotatable bonds is 3. The molecule has 0 amide bonds. The number of hydrogen-bond donors (Lipinski definition) is 2. The van der Waals surface area contributed by atoms with Gasteiger partial charge in [0.15, 0.2) is 0 Å². The van der Waals surface area contributed by atoms with Gasteiger partial charge >= 0.3 is 5.97 Å². The maximum Gasteiger partial charge on any atom is 0.335 e. The van der Waals surface area contributed by atoms with Crippen molar-refractivity contribution in [2.24, 2.45) is 0 Å². The van der Waals surface area contributed by atoms with Gasteiger partial charge in [-0.2, -0.15) is 0 Å². The Hall–Kier alpha value is -1.71. The number of anilines is 2. The molecule has 0 saturated carbocycles. The molecular formula is C10H14N2O2. The van der Waals surface area contributed by atoms with Gasteiger partial charge in [-0.3, -0.25) is 0 Å². The van der Waals surface area contributed by atoms with E-state index < -0.39 is 5.97 Å². The third-order valence-corrected chi connectivity index (χ3v) is 2.16. The lowest BCUT2D eigenvalue weighted by Gasteiger charge is -2.19. The van der Waals surface area contributed by atoms with Crippen molar-refractivity contribution in [2.45, 2.75) is 6.92 Å². The number of nitrogens with two attached hydrogens (primary N) is 1. The zero-order valence-electron chi connectivity index (χ0n) is 8.32. The van der Waals surface area contributed by atoms with Gasteiger partial charge in [0.05, 0.1) is 16.9 Å². The van der Waals surface area contributed by atoms with Crippen LogP contribution in [0.5, 0.6) is 0 Å². The molecule has 0 bridgehead atoms. The van der Waals surface area contributed by atoms with Crippen LogP contribution in [-0.2, 0) is 0 Å². The number of nitrogens with zero attached hydrogens (tertiary/aromatic N) is 1. The average molecular weight is 194 g/mol. The van der Waals surface area contributed by atoms with E-state index in [-0.39, 0.29) is 5.56 Å². The predicted octanol–water partition coefficient (Wildman–Crippen LogP) is 1.42. The lowest BCUT2D eigenvalue weighted by atomic mass is 10.1. The maximum atomic E-state index is 10.7. The van der Waals surface area contributed by atoms with Gasteiger partial charge in [-0.25, -0.2) is 4.79 Å². The first kappa shape index (κ1) is 10.4. The van der Waals surface area contributed by atoms with E-state index in [4.69, 9.17) is 10.8 Å². The molecule has 1 rings (SSSR count). The zero-order valence-corrected chi connectivity index (χ0v) is 8.32. The number of carbonyl (C=O) groups is 1. The van der Waals surface area contributed by atoms with Gasteiger partial charge in [0.25, 0.3) is 0 Å². The van der Waals surface area contributed by atoms with Gasteiger partial charge in [-0.15, -0.1) is 0 Å². The van der Waals surface area contributed by atoms with Gasteiger partial charge < -0.3 is 15.7 Å². The van der Waals surface area contributed by atoms with Gasteiger partial charge in [-0.05, 0) is 25.1 Å². The van der Waals surface area contributed by atoms with E-state index in [1.165, 1.54) is 6.07 Å². The second kappa shape index (κ2) is 4.00. The van der Waals surface area contributed by atoms with Crippen LogP contribution in [0, 0.1) is 0 Å². The number of aromatic carboxylic acids is 1. The molecule has 4 nitrogen and oxygen atoms in total. The Morgan fingerprint density at radius 3 is 2.71 bits per heavy atom. The Morgan fingerprint density at radius 2 is 2.21 bits per heavy atom. The molecule has 0 fully saturated rings. The third kappa shape index (κ3) is 1.96. The Morgan fingerprint density at radius 1 is 1.57 bits per heavy atom. The minimum atomic E-state index is -0.934. The Kier molecular flexibility index (Phi) is 2.96. The molecule has 0 aliphatic heterocycles. The van der Waals surface area contributed by atoms with Gasteiger partial charge in [0, 0.05) is 13.6 Å². The standard InChI is InChI=1S/C10H14N2O2/c1-3-12(2)9-6-7(10(13)14)4-5-8(9)11/h4-6H,3,11H2,1-2H3,(H,13,14). The summed E-state index contributed by atoms with van der Waals surface area (Å²) in [6.07, 6.45) is 0. The third-order valence-electron chi connectivity index (χ3n) is 2.16. The topological polar surface area (TPSA) is 66.6 Å². The van der Waals surface area contributed by atoms with E-state index in [1.807, 2.05) is 18.9 Å². The summed E-state index contributed by atoms with van der Waals surface area (Å²) in [6.45, 7) is 2.76. The van der Waals surface area contributed by atoms with Crippen molar-refractivity contribution in [1.82, 2.24) is 0 Å². The van der Waals surface area contributed by atoms with Crippen LogP contribution in [0.3, 0.4) is 0 Å². The molecule has 0 aliphatic rings. The monoisotopic (exact) mass is 194 g/mol. The molecule has 1 aromatic carbocycles. The van der Waals surface area contributed by atoms with Gasteiger partial charge in [0.1, 0.15) is 0 Å². The van der Waals surface area contributed by atoms with Crippen molar-refractivity contribution < 1.29 is 9.90 Å². The molecule has 0 unspecified atom stereocenters. The SMILES string of the molecule is CCN(C)c1cc(C(=O)O)ccc1N. The normalized spacial score (nSPS) is 9.86. The molecule has 0 heterocycles. The summed E-state index contributed by atoms with van der Waals surface area (Å²) in [6, 6.07) is 4.71. The average Bonchev–Trinajstić information content (AvgIpc) is 2.17. The molecule has 0 radical (unpaired) electrons. The van der Waals surface area contributed by atoms with Crippen molar-refractivity contribution in [3.63, 3.8) is 0 Å². The summed E-state index contributed by atoms with van der Waals surface area (Å²) in [4.78, 5) is 12.6. The molecular weight excluding hydrogens is 180 g/mol. The van der Waals surface area contributed by atoms with Crippen molar-refractivity contribution in [3.8, 4) is 0 Å². The van der Waals surface area contributed by atoms with Crippen LogP contribution in [-0.4, -0.2) is 24.7 Å². The van der Waals surface area contributed by atoms with Crippen LogP contribution in [0.2, 0.25) is 0 Å². The quantitative estimate of drug-likeness (QED) is 0.714. The highest BCUT2D eigenvalue weighted by Crippen LogP contribution is 2.23. The highest BCUT2D eigenvalue weighted by Gasteiger charge is 2.08. The highest BCUT2D eigenvalue weighted by molar-refractivity contribution is 5.90. The van der Waals surface area contributed by atoms with Crippen LogP contribution in [0.1, 0.15) is 17.3 Å². The molecule has 0 atom stereocenters. The predicted molar refractivity (Wildman–Crippen MR) is 56.8 cm³/mol. The number of benzene rings is 1. The van der Waals surface area contributed by atoms with E-state index in [1.54, 1.807) is 12.1 Å². The molecule has 0 aromatic heterocycles. The van der Waals surface area contributed by atoms with Crippen molar-refractivity contribution in [1.29, 1.82) is 0 Å². The minimum Gasteiger partial charge on any atom is -0.478 e. The van der Waals surface area contributed by atoms with Gasteiger partial charge in [0.2, 0.25) is 0 Å². The van der Waals surface area contributed by atoms with E-state index in [0.717, 1.165) is 12.2 Å². The second-order valence-electron chi connectivity index (χ2n) is 3.09. The van der Waals surface area contributed by atoms with Crippen LogP contribution in [0.15, 0.2) is 18.2 Å². The lowest BCUT2D eigenvalue weighted by Crippen LogP contribution is -2.17. The Bertz CT molecular complexity index is 350. The number of hydrogen-bond acceptors (Lipinski definition) is 3. The molecule has 4 heteroatoms. The fourth-order valence-corrected chi connectivity index (χ4v) is 1.18. The fraction of sp³-hybridized carbons (Fsp3) is 0.300. The van der Waals surface area contributed by atoms with Crippen molar-refractivity contribution >= 4 is 17.3 Å². The van der Waals surface area contributed by atoms with Crippen LogP contribution in [0.25, 0.3) is 0 Å².